The van der Waals surface area contributed by atoms with E-state index in [0.717, 1.165) is 10.0 Å². The van der Waals surface area contributed by atoms with Gasteiger partial charge in [-0.25, -0.2) is 0 Å². The molecule has 0 aliphatic rings. The normalized spacial score (nSPS) is 10.4. The Morgan fingerprint density at radius 1 is 1.25 bits per heavy atom. The van der Waals surface area contributed by atoms with Crippen molar-refractivity contribution < 1.29 is 9.90 Å². The first kappa shape index (κ1) is 14.9. The summed E-state index contributed by atoms with van der Waals surface area (Å²) in [6, 6.07) is 8.53. The lowest BCUT2D eigenvalue weighted by molar-refractivity contribution is 0.102. The zero-order valence-electron chi connectivity index (χ0n) is 11.0. The summed E-state index contributed by atoms with van der Waals surface area (Å²) in [6.07, 6.45) is 0. The molecule has 0 spiro atoms. The van der Waals surface area contributed by atoms with Gasteiger partial charge in [0.05, 0.1) is 11.3 Å². The second kappa shape index (κ2) is 5.85. The highest BCUT2D eigenvalue weighted by molar-refractivity contribution is 9.10. The quantitative estimate of drug-likeness (QED) is 0.823. The van der Waals surface area contributed by atoms with Crippen molar-refractivity contribution in [1.82, 2.24) is 0 Å². The zero-order chi connectivity index (χ0) is 14.9. The molecule has 5 heteroatoms. The lowest BCUT2D eigenvalue weighted by Gasteiger charge is -2.11. The Kier molecular flexibility index (Phi) is 4.35. The highest BCUT2D eigenvalue weighted by atomic mass is 79.9. The van der Waals surface area contributed by atoms with E-state index in [1.54, 1.807) is 31.2 Å². The van der Waals surface area contributed by atoms with Crippen molar-refractivity contribution in [1.29, 1.82) is 0 Å². The number of nitrogens with one attached hydrogen (secondary N) is 1. The largest absolute Gasteiger partial charge is 0.507 e. The third kappa shape index (κ3) is 2.97. The summed E-state index contributed by atoms with van der Waals surface area (Å²) >= 11 is 9.43. The fraction of sp³-hybridized carbons (Fsp3) is 0.133. The van der Waals surface area contributed by atoms with E-state index >= 15 is 0 Å². The van der Waals surface area contributed by atoms with E-state index in [4.69, 9.17) is 11.6 Å². The Balaban J connectivity index is 2.33. The Morgan fingerprint density at radius 3 is 2.65 bits per heavy atom. The lowest BCUT2D eigenvalue weighted by atomic mass is 10.1. The second-order valence-electron chi connectivity index (χ2n) is 4.51. The van der Waals surface area contributed by atoms with Gasteiger partial charge in [-0.1, -0.05) is 23.7 Å². The molecule has 2 aromatic carbocycles. The molecule has 2 rings (SSSR count). The standard InChI is InChI=1S/C15H13BrClNO2/c1-8-4-3-5-10(14(8)19)15(20)18-13-7-12(17)9(2)6-11(13)16/h3-7,19H,1-2H3,(H,18,20). The maximum atomic E-state index is 12.2. The van der Waals surface area contributed by atoms with Crippen LogP contribution in [0.25, 0.3) is 0 Å². The minimum Gasteiger partial charge on any atom is -0.507 e. The number of aryl methyl sites for hydroxylation is 2. The van der Waals surface area contributed by atoms with Crippen molar-refractivity contribution in [2.24, 2.45) is 0 Å². The highest BCUT2D eigenvalue weighted by Crippen LogP contribution is 2.30. The van der Waals surface area contributed by atoms with Crippen LogP contribution in [0.3, 0.4) is 0 Å². The highest BCUT2D eigenvalue weighted by Gasteiger charge is 2.14. The zero-order valence-corrected chi connectivity index (χ0v) is 13.3. The Hall–Kier alpha value is -1.52. The summed E-state index contributed by atoms with van der Waals surface area (Å²) < 4.78 is 0.736. The molecule has 3 nitrogen and oxygen atoms in total. The average Bonchev–Trinajstić information content (AvgIpc) is 2.39. The number of phenols is 1. The number of rotatable bonds is 2. The van der Waals surface area contributed by atoms with E-state index in [0.29, 0.717) is 16.3 Å². The monoisotopic (exact) mass is 353 g/mol. The third-order valence-corrected chi connectivity index (χ3v) is 4.04. The van der Waals surface area contributed by atoms with Gasteiger partial charge in [-0.2, -0.15) is 0 Å². The predicted octanol–water partition coefficient (Wildman–Crippen LogP) is 4.68. The Labute approximate surface area is 130 Å². The van der Waals surface area contributed by atoms with Crippen LogP contribution in [0, 0.1) is 13.8 Å². The van der Waals surface area contributed by atoms with Gasteiger partial charge in [-0.15, -0.1) is 0 Å². The van der Waals surface area contributed by atoms with Crippen molar-refractivity contribution in [2.45, 2.75) is 13.8 Å². The minimum absolute atomic E-state index is 0.0145. The summed E-state index contributed by atoms with van der Waals surface area (Å²) in [6.45, 7) is 3.62. The minimum atomic E-state index is -0.383. The van der Waals surface area contributed by atoms with Gasteiger partial charge in [0.25, 0.3) is 5.91 Å². The molecule has 1 amide bonds. The summed E-state index contributed by atoms with van der Waals surface area (Å²) in [5.41, 5.74) is 2.36. The van der Waals surface area contributed by atoms with E-state index in [2.05, 4.69) is 21.2 Å². The van der Waals surface area contributed by atoms with Crippen LogP contribution >= 0.6 is 27.5 Å². The first-order valence-electron chi connectivity index (χ1n) is 5.95. The summed E-state index contributed by atoms with van der Waals surface area (Å²) in [5.74, 6) is -0.397. The average molecular weight is 355 g/mol. The number of anilines is 1. The Bertz CT molecular complexity index is 686. The third-order valence-electron chi connectivity index (χ3n) is 2.98. The number of carbonyl (C=O) groups excluding carboxylic acids is 1. The van der Waals surface area contributed by atoms with Crippen LogP contribution in [0.4, 0.5) is 5.69 Å². The molecule has 0 fully saturated rings. The summed E-state index contributed by atoms with van der Waals surface area (Å²) in [5, 5.41) is 13.2. The van der Waals surface area contributed by atoms with Gasteiger partial charge in [0.2, 0.25) is 0 Å². The molecule has 20 heavy (non-hydrogen) atoms. The maximum Gasteiger partial charge on any atom is 0.259 e. The van der Waals surface area contributed by atoms with Crippen molar-refractivity contribution in [2.75, 3.05) is 5.32 Å². The van der Waals surface area contributed by atoms with Crippen LogP contribution in [0.5, 0.6) is 5.75 Å². The summed E-state index contributed by atoms with van der Waals surface area (Å²) in [4.78, 5) is 12.2. The van der Waals surface area contributed by atoms with Crippen LogP contribution in [-0.4, -0.2) is 11.0 Å². The number of halogens is 2. The molecule has 0 bridgehead atoms. The first-order chi connectivity index (χ1) is 9.40. The number of carbonyl (C=O) groups is 1. The molecule has 0 saturated heterocycles. The van der Waals surface area contributed by atoms with Crippen molar-refractivity contribution in [3.05, 3.63) is 56.5 Å². The van der Waals surface area contributed by atoms with E-state index < -0.39 is 0 Å². The number of hydrogen-bond acceptors (Lipinski definition) is 2. The molecule has 0 aromatic heterocycles. The van der Waals surface area contributed by atoms with Gasteiger partial charge in [-0.05, 0) is 59.1 Å². The lowest BCUT2D eigenvalue weighted by Crippen LogP contribution is -2.13. The maximum absolute atomic E-state index is 12.2. The number of amides is 1. The van der Waals surface area contributed by atoms with Gasteiger partial charge >= 0.3 is 0 Å². The fourth-order valence-electron chi connectivity index (χ4n) is 1.77. The fourth-order valence-corrected chi connectivity index (χ4v) is 2.49. The molecule has 0 aliphatic carbocycles. The van der Waals surface area contributed by atoms with E-state index in [1.807, 2.05) is 13.0 Å². The van der Waals surface area contributed by atoms with E-state index in [-0.39, 0.29) is 17.2 Å². The van der Waals surface area contributed by atoms with Crippen molar-refractivity contribution in [3.63, 3.8) is 0 Å². The van der Waals surface area contributed by atoms with Gasteiger partial charge in [0, 0.05) is 9.50 Å². The number of benzene rings is 2. The number of hydrogen-bond donors (Lipinski definition) is 2. The summed E-state index contributed by atoms with van der Waals surface area (Å²) in [7, 11) is 0. The predicted molar refractivity (Wildman–Crippen MR) is 84.7 cm³/mol. The van der Waals surface area contributed by atoms with Crippen LogP contribution < -0.4 is 5.32 Å². The molecule has 2 N–H and O–H groups in total. The molecule has 0 saturated carbocycles. The smallest absolute Gasteiger partial charge is 0.259 e. The van der Waals surface area contributed by atoms with Crippen molar-refractivity contribution >= 4 is 39.1 Å². The van der Waals surface area contributed by atoms with Gasteiger partial charge in [-0.3, -0.25) is 4.79 Å². The molecule has 0 radical (unpaired) electrons. The molecule has 0 atom stereocenters. The number of aromatic hydroxyl groups is 1. The van der Waals surface area contributed by atoms with Crippen molar-refractivity contribution in [3.8, 4) is 5.75 Å². The van der Waals surface area contributed by atoms with Gasteiger partial charge < -0.3 is 10.4 Å². The van der Waals surface area contributed by atoms with Gasteiger partial charge in [0.1, 0.15) is 5.75 Å². The number of para-hydroxylation sites is 1. The molecular formula is C15H13BrClNO2. The molecule has 2 aromatic rings. The molecule has 104 valence electrons. The van der Waals surface area contributed by atoms with Crippen LogP contribution in [0.15, 0.2) is 34.8 Å². The second-order valence-corrected chi connectivity index (χ2v) is 5.77. The van der Waals surface area contributed by atoms with Crippen LogP contribution in [0.1, 0.15) is 21.5 Å². The molecule has 0 aliphatic heterocycles. The Morgan fingerprint density at radius 2 is 1.95 bits per heavy atom. The van der Waals surface area contributed by atoms with E-state index in [1.165, 1.54) is 0 Å². The molecule has 0 heterocycles. The van der Waals surface area contributed by atoms with Gasteiger partial charge in [0.15, 0.2) is 0 Å². The number of phenolic OH excluding ortho intramolecular Hbond substituents is 1. The SMILES string of the molecule is Cc1cc(Br)c(NC(=O)c2cccc(C)c2O)cc1Cl. The topological polar surface area (TPSA) is 49.3 Å². The van der Waals surface area contributed by atoms with Crippen LogP contribution in [-0.2, 0) is 0 Å². The molecular weight excluding hydrogens is 342 g/mol. The van der Waals surface area contributed by atoms with Crippen LogP contribution in [0.2, 0.25) is 5.02 Å². The van der Waals surface area contributed by atoms with E-state index in [9.17, 15) is 9.90 Å². The first-order valence-corrected chi connectivity index (χ1v) is 7.13. The molecule has 0 unspecified atom stereocenters.